The lowest BCUT2D eigenvalue weighted by molar-refractivity contribution is -0.150. The van der Waals surface area contributed by atoms with E-state index in [1.54, 1.807) is 30.3 Å². The highest BCUT2D eigenvalue weighted by atomic mass is 16.5. The Morgan fingerprint density at radius 2 is 1.83 bits per heavy atom. The first-order valence-corrected chi connectivity index (χ1v) is 9.06. The Kier molecular flexibility index (Phi) is 6.92. The molecule has 2 rings (SSSR count). The molecule has 1 aromatic rings. The fourth-order valence-corrected chi connectivity index (χ4v) is 2.63. The zero-order valence-electron chi connectivity index (χ0n) is 16.5. The summed E-state index contributed by atoms with van der Waals surface area (Å²) in [4.78, 5) is 60.7. The topological polar surface area (TPSA) is 134 Å². The molecule has 1 heterocycles. The second kappa shape index (κ2) is 9.18. The van der Waals surface area contributed by atoms with E-state index in [2.05, 4.69) is 10.6 Å². The third kappa shape index (κ3) is 5.53. The number of carbonyl (C=O) groups is 5. The highest BCUT2D eigenvalue weighted by Gasteiger charge is 2.49. The van der Waals surface area contributed by atoms with Crippen molar-refractivity contribution < 1.29 is 28.7 Å². The second-order valence-electron chi connectivity index (χ2n) is 7.13. The summed E-state index contributed by atoms with van der Waals surface area (Å²) in [5, 5.41) is 7.05. The van der Waals surface area contributed by atoms with Crippen molar-refractivity contribution in [2.24, 2.45) is 5.92 Å². The van der Waals surface area contributed by atoms with E-state index in [-0.39, 0.29) is 5.92 Å². The van der Waals surface area contributed by atoms with Crippen LogP contribution < -0.4 is 16.0 Å². The lowest BCUT2D eigenvalue weighted by atomic mass is 9.92. The SMILES string of the molecule is CC(C)CNC(=O)NC(=O)COC(=O)CN1C(=O)N[C@](C)(c2ccccc2)C1=O. The molecule has 6 amide bonds. The summed E-state index contributed by atoms with van der Waals surface area (Å²) >= 11 is 0. The predicted molar refractivity (Wildman–Crippen MR) is 101 cm³/mol. The third-order valence-electron chi connectivity index (χ3n) is 4.20. The van der Waals surface area contributed by atoms with Gasteiger partial charge in [-0.2, -0.15) is 0 Å². The van der Waals surface area contributed by atoms with E-state index in [1.807, 2.05) is 19.2 Å². The Bertz CT molecular complexity index is 810. The molecular formula is C19H24N4O6. The van der Waals surface area contributed by atoms with Crippen molar-refractivity contribution in [3.8, 4) is 0 Å². The normalized spacial score (nSPS) is 18.4. The predicted octanol–water partition coefficient (Wildman–Crippen LogP) is 0.479. The molecule has 1 aliphatic rings. The smallest absolute Gasteiger partial charge is 0.326 e. The highest BCUT2D eigenvalue weighted by Crippen LogP contribution is 2.28. The lowest BCUT2D eigenvalue weighted by Gasteiger charge is -2.21. The number of rotatable bonds is 7. The van der Waals surface area contributed by atoms with Crippen molar-refractivity contribution in [1.29, 1.82) is 0 Å². The van der Waals surface area contributed by atoms with Gasteiger partial charge in [0.2, 0.25) is 0 Å². The number of esters is 1. The van der Waals surface area contributed by atoms with Crippen LogP contribution in [0.15, 0.2) is 30.3 Å². The summed E-state index contributed by atoms with van der Waals surface area (Å²) in [6.07, 6.45) is 0. The Morgan fingerprint density at radius 1 is 1.17 bits per heavy atom. The van der Waals surface area contributed by atoms with Crippen LogP contribution in [0.4, 0.5) is 9.59 Å². The van der Waals surface area contributed by atoms with Crippen LogP contribution in [0.25, 0.3) is 0 Å². The van der Waals surface area contributed by atoms with Gasteiger partial charge >= 0.3 is 18.0 Å². The number of imide groups is 2. The van der Waals surface area contributed by atoms with Gasteiger partial charge in [0.1, 0.15) is 12.1 Å². The number of carbonyl (C=O) groups excluding carboxylic acids is 5. The first-order chi connectivity index (χ1) is 13.6. The quantitative estimate of drug-likeness (QED) is 0.447. The summed E-state index contributed by atoms with van der Waals surface area (Å²) in [6, 6.07) is 7.17. The fourth-order valence-electron chi connectivity index (χ4n) is 2.63. The van der Waals surface area contributed by atoms with Gasteiger partial charge < -0.3 is 15.4 Å². The molecule has 1 aliphatic heterocycles. The second-order valence-corrected chi connectivity index (χ2v) is 7.13. The molecule has 0 aromatic heterocycles. The largest absolute Gasteiger partial charge is 0.454 e. The molecule has 156 valence electrons. The molecule has 1 saturated heterocycles. The number of ether oxygens (including phenoxy) is 1. The van der Waals surface area contributed by atoms with Gasteiger partial charge in [-0.25, -0.2) is 9.59 Å². The third-order valence-corrected chi connectivity index (χ3v) is 4.20. The maximum atomic E-state index is 12.7. The number of hydrogen-bond acceptors (Lipinski definition) is 6. The molecule has 10 heteroatoms. The minimum atomic E-state index is -1.30. The van der Waals surface area contributed by atoms with E-state index < -0.39 is 48.5 Å². The van der Waals surface area contributed by atoms with Crippen molar-refractivity contribution in [3.05, 3.63) is 35.9 Å². The molecule has 1 fully saturated rings. The zero-order valence-corrected chi connectivity index (χ0v) is 16.5. The van der Waals surface area contributed by atoms with E-state index in [9.17, 15) is 24.0 Å². The summed E-state index contributed by atoms with van der Waals surface area (Å²) in [6.45, 7) is 4.33. The maximum Gasteiger partial charge on any atom is 0.326 e. The van der Waals surface area contributed by atoms with E-state index in [4.69, 9.17) is 4.74 Å². The van der Waals surface area contributed by atoms with Crippen LogP contribution in [0.2, 0.25) is 0 Å². The number of amides is 6. The van der Waals surface area contributed by atoms with Crippen LogP contribution in [-0.2, 0) is 24.7 Å². The van der Waals surface area contributed by atoms with Crippen molar-refractivity contribution in [2.45, 2.75) is 26.3 Å². The van der Waals surface area contributed by atoms with Gasteiger partial charge in [-0.05, 0) is 18.4 Å². The van der Waals surface area contributed by atoms with E-state index in [0.29, 0.717) is 12.1 Å². The summed E-state index contributed by atoms with van der Waals surface area (Å²) in [7, 11) is 0. The van der Waals surface area contributed by atoms with E-state index in [1.165, 1.54) is 6.92 Å². The molecule has 0 spiro atoms. The van der Waals surface area contributed by atoms with Crippen molar-refractivity contribution >= 4 is 29.8 Å². The van der Waals surface area contributed by atoms with Gasteiger partial charge in [0.25, 0.3) is 11.8 Å². The maximum absolute atomic E-state index is 12.7. The van der Waals surface area contributed by atoms with Crippen LogP contribution >= 0.6 is 0 Å². The Balaban J connectivity index is 1.86. The Morgan fingerprint density at radius 3 is 2.45 bits per heavy atom. The number of nitrogens with one attached hydrogen (secondary N) is 3. The van der Waals surface area contributed by atoms with Crippen molar-refractivity contribution in [3.63, 3.8) is 0 Å². The first kappa shape index (κ1) is 21.9. The van der Waals surface area contributed by atoms with Crippen LogP contribution in [-0.4, -0.2) is 54.4 Å². The molecular weight excluding hydrogens is 380 g/mol. The molecule has 1 atom stereocenters. The van der Waals surface area contributed by atoms with Gasteiger partial charge in [-0.1, -0.05) is 44.2 Å². The van der Waals surface area contributed by atoms with Gasteiger partial charge in [0, 0.05) is 6.54 Å². The first-order valence-electron chi connectivity index (χ1n) is 9.06. The monoisotopic (exact) mass is 404 g/mol. The summed E-state index contributed by atoms with van der Waals surface area (Å²) in [5.41, 5.74) is -0.731. The zero-order chi connectivity index (χ0) is 21.6. The summed E-state index contributed by atoms with van der Waals surface area (Å²) < 4.78 is 4.76. The Labute approximate surface area is 168 Å². The number of benzene rings is 1. The molecule has 0 bridgehead atoms. The molecule has 29 heavy (non-hydrogen) atoms. The van der Waals surface area contributed by atoms with Gasteiger partial charge in [0.05, 0.1) is 0 Å². The average Bonchev–Trinajstić information content (AvgIpc) is 2.89. The number of urea groups is 2. The molecule has 10 nitrogen and oxygen atoms in total. The lowest BCUT2D eigenvalue weighted by Crippen LogP contribution is -2.43. The van der Waals surface area contributed by atoms with E-state index in [0.717, 1.165) is 4.90 Å². The number of hydrogen-bond donors (Lipinski definition) is 3. The van der Waals surface area contributed by atoms with Gasteiger partial charge in [-0.3, -0.25) is 24.6 Å². The van der Waals surface area contributed by atoms with Gasteiger partial charge in [-0.15, -0.1) is 0 Å². The van der Waals surface area contributed by atoms with Crippen LogP contribution in [0.3, 0.4) is 0 Å². The van der Waals surface area contributed by atoms with Crippen LogP contribution in [0.5, 0.6) is 0 Å². The fraction of sp³-hybridized carbons (Fsp3) is 0.421. The molecule has 3 N–H and O–H groups in total. The average molecular weight is 404 g/mol. The minimum absolute atomic E-state index is 0.208. The van der Waals surface area contributed by atoms with Crippen molar-refractivity contribution in [1.82, 2.24) is 20.9 Å². The molecule has 0 unspecified atom stereocenters. The molecule has 0 radical (unpaired) electrons. The number of nitrogens with zero attached hydrogens (tertiary/aromatic N) is 1. The van der Waals surface area contributed by atoms with E-state index >= 15 is 0 Å². The minimum Gasteiger partial charge on any atom is -0.454 e. The summed E-state index contributed by atoms with van der Waals surface area (Å²) in [5.74, 6) is -2.18. The van der Waals surface area contributed by atoms with Crippen molar-refractivity contribution in [2.75, 3.05) is 19.7 Å². The highest BCUT2D eigenvalue weighted by molar-refractivity contribution is 6.09. The standard InChI is InChI=1S/C19H24N4O6/c1-12(2)9-20-17(27)21-14(24)11-29-15(25)10-23-16(26)19(3,22-18(23)28)13-7-5-4-6-8-13/h4-8,12H,9-11H2,1-3H3,(H,22,28)(H2,20,21,24,27)/t19-/m1/s1. The molecule has 1 aromatic carbocycles. The van der Waals surface area contributed by atoms with Crippen LogP contribution in [0, 0.1) is 5.92 Å². The molecule has 0 aliphatic carbocycles. The van der Waals surface area contributed by atoms with Gasteiger partial charge in [0.15, 0.2) is 6.61 Å². The Hall–Kier alpha value is -3.43. The van der Waals surface area contributed by atoms with Crippen LogP contribution in [0.1, 0.15) is 26.3 Å². The molecule has 0 saturated carbocycles.